The molecule has 9 unspecified atom stereocenters. The van der Waals surface area contributed by atoms with Crippen molar-refractivity contribution >= 4 is 0 Å². The number of hydrogen-bond donors (Lipinski definition) is 2. The van der Waals surface area contributed by atoms with Gasteiger partial charge < -0.3 is 38.6 Å². The molecule has 2 saturated heterocycles. The van der Waals surface area contributed by atoms with E-state index in [9.17, 15) is 5.11 Å². The van der Waals surface area contributed by atoms with E-state index in [1.165, 1.54) is 0 Å². The van der Waals surface area contributed by atoms with Gasteiger partial charge in [-0.05, 0) is 25.3 Å². The van der Waals surface area contributed by atoms with Gasteiger partial charge in [-0.1, -0.05) is 32.1 Å². The number of ether oxygens (including phenoxy) is 6. The third kappa shape index (κ3) is 7.88. The van der Waals surface area contributed by atoms with Gasteiger partial charge in [0.05, 0.1) is 24.4 Å². The zero-order chi connectivity index (χ0) is 24.3. The molecule has 0 aromatic rings. The second-order valence-electron chi connectivity index (χ2n) is 8.19. The highest BCUT2D eigenvalue weighted by Gasteiger charge is 2.49. The molecular formula is C24H44O8. The fourth-order valence-electron chi connectivity index (χ4n) is 4.32. The Morgan fingerprint density at radius 3 is 2.22 bits per heavy atom. The monoisotopic (exact) mass is 460 g/mol. The average molecular weight is 461 g/mol. The summed E-state index contributed by atoms with van der Waals surface area (Å²) >= 11 is 0. The summed E-state index contributed by atoms with van der Waals surface area (Å²) in [4.78, 5) is 0. The fraction of sp³-hybridized carbons (Fsp3) is 0.833. The van der Waals surface area contributed by atoms with Crippen molar-refractivity contribution in [3.05, 3.63) is 23.8 Å². The molecule has 2 aliphatic rings. The molecular weight excluding hydrogens is 416 g/mol. The molecule has 188 valence electrons. The molecule has 9 atom stereocenters. The predicted octanol–water partition coefficient (Wildman–Crippen LogP) is 2.47. The highest BCUT2D eigenvalue weighted by molar-refractivity contribution is 5.17. The summed E-state index contributed by atoms with van der Waals surface area (Å²) < 4.78 is 33.8. The smallest absolute Gasteiger partial charge is 0.184 e. The number of allylic oxidation sites excluding steroid dienone is 2. The van der Waals surface area contributed by atoms with Gasteiger partial charge in [0, 0.05) is 47.9 Å². The number of methoxy groups -OCH3 is 4. The standard InChI is InChI=1S/C23H40O7.CH4O/c1-8-17(25-4)15(3)21-22(29-21)16(24)12-10-9-11-14(2)20-18(26-5)13-19(27-6)23(28-7)30-20;1-2/h9-11,15-24H,8,12-13H2,1-7H3;2H,1H3/b10-9+,14-11+;. The maximum absolute atomic E-state index is 10.4. The molecule has 0 radical (unpaired) electrons. The van der Waals surface area contributed by atoms with Crippen LogP contribution in [-0.4, -0.2) is 94.8 Å². The van der Waals surface area contributed by atoms with Crippen LogP contribution >= 0.6 is 0 Å². The van der Waals surface area contributed by atoms with E-state index in [0.29, 0.717) is 12.8 Å². The van der Waals surface area contributed by atoms with Crippen molar-refractivity contribution in [2.24, 2.45) is 5.92 Å². The van der Waals surface area contributed by atoms with Gasteiger partial charge >= 0.3 is 0 Å². The summed E-state index contributed by atoms with van der Waals surface area (Å²) in [5.41, 5.74) is 1.03. The van der Waals surface area contributed by atoms with Crippen molar-refractivity contribution in [2.75, 3.05) is 35.5 Å². The number of aliphatic hydroxyl groups is 2. The minimum atomic E-state index is -0.519. The third-order valence-electron chi connectivity index (χ3n) is 6.30. The normalized spacial score (nSPS) is 33.4. The summed E-state index contributed by atoms with van der Waals surface area (Å²) in [7, 11) is 7.67. The largest absolute Gasteiger partial charge is 0.400 e. The molecule has 2 N–H and O–H groups in total. The molecule has 0 amide bonds. The molecule has 0 aromatic carbocycles. The third-order valence-corrected chi connectivity index (χ3v) is 6.30. The van der Waals surface area contributed by atoms with E-state index in [4.69, 9.17) is 33.5 Å². The molecule has 2 heterocycles. The number of aliphatic hydroxyl groups excluding tert-OH is 2. The Morgan fingerprint density at radius 2 is 1.69 bits per heavy atom. The highest BCUT2D eigenvalue weighted by atomic mass is 16.7. The second-order valence-corrected chi connectivity index (χ2v) is 8.19. The Morgan fingerprint density at radius 1 is 1.03 bits per heavy atom. The lowest BCUT2D eigenvalue weighted by molar-refractivity contribution is -0.256. The van der Waals surface area contributed by atoms with E-state index in [0.717, 1.165) is 19.1 Å². The number of epoxide rings is 1. The van der Waals surface area contributed by atoms with Crippen molar-refractivity contribution in [1.29, 1.82) is 0 Å². The quantitative estimate of drug-likeness (QED) is 0.339. The van der Waals surface area contributed by atoms with Crippen LogP contribution in [0.3, 0.4) is 0 Å². The summed E-state index contributed by atoms with van der Waals surface area (Å²) in [6.45, 7) is 6.23. The number of hydrogen-bond acceptors (Lipinski definition) is 8. The SMILES string of the molecule is CCC(OC)C(C)C1OC1C(O)C/C=C/C=C(\C)C1OC(OC)C(OC)CC1OC.CO. The van der Waals surface area contributed by atoms with E-state index in [2.05, 4.69) is 13.8 Å². The van der Waals surface area contributed by atoms with Crippen molar-refractivity contribution in [3.8, 4) is 0 Å². The highest BCUT2D eigenvalue weighted by Crippen LogP contribution is 2.36. The topological polar surface area (TPSA) is 99.1 Å². The molecule has 2 aliphatic heterocycles. The first-order valence-electron chi connectivity index (χ1n) is 11.3. The second kappa shape index (κ2) is 15.1. The lowest BCUT2D eigenvalue weighted by Gasteiger charge is -2.39. The van der Waals surface area contributed by atoms with Crippen LogP contribution in [0.4, 0.5) is 0 Å². The van der Waals surface area contributed by atoms with E-state index < -0.39 is 12.4 Å². The van der Waals surface area contributed by atoms with E-state index in [1.807, 2.05) is 25.2 Å². The van der Waals surface area contributed by atoms with Crippen LogP contribution < -0.4 is 0 Å². The minimum absolute atomic E-state index is 0.0633. The van der Waals surface area contributed by atoms with Crippen LogP contribution in [-0.2, 0) is 28.4 Å². The first-order valence-corrected chi connectivity index (χ1v) is 11.3. The van der Waals surface area contributed by atoms with Gasteiger partial charge in [-0.3, -0.25) is 0 Å². The molecule has 0 bridgehead atoms. The van der Waals surface area contributed by atoms with E-state index in [1.54, 1.807) is 28.4 Å². The van der Waals surface area contributed by atoms with Gasteiger partial charge in [-0.15, -0.1) is 0 Å². The van der Waals surface area contributed by atoms with Crippen LogP contribution in [0, 0.1) is 5.92 Å². The van der Waals surface area contributed by atoms with Gasteiger partial charge in [-0.25, -0.2) is 0 Å². The van der Waals surface area contributed by atoms with Crippen LogP contribution in [0.25, 0.3) is 0 Å². The Balaban J connectivity index is 0.00000249. The van der Waals surface area contributed by atoms with E-state index in [-0.39, 0.29) is 42.5 Å². The van der Waals surface area contributed by atoms with Crippen LogP contribution in [0.2, 0.25) is 0 Å². The van der Waals surface area contributed by atoms with Crippen LogP contribution in [0.15, 0.2) is 23.8 Å². The van der Waals surface area contributed by atoms with Crippen molar-refractivity contribution < 1.29 is 38.6 Å². The lowest BCUT2D eigenvalue weighted by Crippen LogP contribution is -2.49. The molecule has 2 fully saturated rings. The van der Waals surface area contributed by atoms with Crippen LogP contribution in [0.5, 0.6) is 0 Å². The number of rotatable bonds is 12. The zero-order valence-electron chi connectivity index (χ0n) is 20.9. The molecule has 0 aliphatic carbocycles. The Kier molecular flexibility index (Phi) is 13.8. The lowest BCUT2D eigenvalue weighted by atomic mass is 9.94. The van der Waals surface area contributed by atoms with E-state index >= 15 is 0 Å². The first kappa shape index (κ1) is 29.2. The summed E-state index contributed by atoms with van der Waals surface area (Å²) in [6, 6.07) is 0. The summed E-state index contributed by atoms with van der Waals surface area (Å²) in [6.07, 6.45) is 6.76. The Labute approximate surface area is 193 Å². The Hall–Kier alpha value is -0.840. The molecule has 8 heteroatoms. The minimum Gasteiger partial charge on any atom is -0.400 e. The van der Waals surface area contributed by atoms with Crippen LogP contribution in [0.1, 0.15) is 40.0 Å². The van der Waals surface area contributed by atoms with Crippen molar-refractivity contribution in [1.82, 2.24) is 0 Å². The summed E-state index contributed by atoms with van der Waals surface area (Å²) in [5, 5.41) is 17.4. The average Bonchev–Trinajstić information content (AvgIpc) is 3.63. The molecule has 0 spiro atoms. The van der Waals surface area contributed by atoms with Gasteiger partial charge in [0.15, 0.2) is 6.29 Å². The molecule has 0 saturated carbocycles. The van der Waals surface area contributed by atoms with Gasteiger partial charge in [0.2, 0.25) is 0 Å². The van der Waals surface area contributed by atoms with Crippen molar-refractivity contribution in [3.63, 3.8) is 0 Å². The maximum Gasteiger partial charge on any atom is 0.184 e. The maximum atomic E-state index is 10.4. The van der Waals surface area contributed by atoms with Gasteiger partial charge in [0.1, 0.15) is 18.3 Å². The molecule has 32 heavy (non-hydrogen) atoms. The van der Waals surface area contributed by atoms with Gasteiger partial charge in [0.25, 0.3) is 0 Å². The zero-order valence-corrected chi connectivity index (χ0v) is 20.9. The summed E-state index contributed by atoms with van der Waals surface area (Å²) in [5.74, 6) is 0.268. The molecule has 0 aromatic heterocycles. The van der Waals surface area contributed by atoms with Gasteiger partial charge in [-0.2, -0.15) is 0 Å². The molecule has 8 nitrogen and oxygen atoms in total. The molecule has 2 rings (SSSR count). The predicted molar refractivity (Wildman–Crippen MR) is 122 cm³/mol. The van der Waals surface area contributed by atoms with Crippen molar-refractivity contribution in [2.45, 2.75) is 89.1 Å². The Bertz CT molecular complexity index is 562. The fourth-order valence-corrected chi connectivity index (χ4v) is 4.32. The first-order chi connectivity index (χ1) is 15.4.